The van der Waals surface area contributed by atoms with Crippen LogP contribution in [0.2, 0.25) is 0 Å². The molecule has 0 aliphatic carbocycles. The molecule has 0 saturated carbocycles. The molecule has 4 unspecified atom stereocenters. The lowest BCUT2D eigenvalue weighted by atomic mass is 9.72. The summed E-state index contributed by atoms with van der Waals surface area (Å²) in [7, 11) is 2.21. The smallest absolute Gasteiger partial charge is 0.168 e. The van der Waals surface area contributed by atoms with Gasteiger partial charge in [0, 0.05) is 23.6 Å². The summed E-state index contributed by atoms with van der Waals surface area (Å²) < 4.78 is 0. The third-order valence-corrected chi connectivity index (χ3v) is 6.41. The van der Waals surface area contributed by atoms with E-state index in [0.717, 1.165) is 18.4 Å². The number of ketones is 1. The fraction of sp³-hybridized carbons (Fsp3) is 0.435. The zero-order valence-electron chi connectivity index (χ0n) is 15.4. The van der Waals surface area contributed by atoms with Crippen LogP contribution in [0.1, 0.15) is 52.2 Å². The predicted octanol–water partition coefficient (Wildman–Crippen LogP) is 4.75. The molecule has 0 aromatic heterocycles. The second-order valence-corrected chi connectivity index (χ2v) is 7.97. The van der Waals surface area contributed by atoms with Gasteiger partial charge in [-0.1, -0.05) is 59.7 Å². The van der Waals surface area contributed by atoms with Crippen LogP contribution in [0, 0.1) is 19.8 Å². The lowest BCUT2D eigenvalue weighted by Gasteiger charge is -2.42. The molecule has 2 aromatic rings. The maximum Gasteiger partial charge on any atom is 0.168 e. The van der Waals surface area contributed by atoms with Crippen LogP contribution in [0.25, 0.3) is 0 Å². The van der Waals surface area contributed by atoms with Gasteiger partial charge in [0.2, 0.25) is 0 Å². The monoisotopic (exact) mass is 333 g/mol. The normalized spacial score (nSPS) is 28.9. The first kappa shape index (κ1) is 16.5. The highest BCUT2D eigenvalue weighted by atomic mass is 16.1. The van der Waals surface area contributed by atoms with Crippen LogP contribution in [0.3, 0.4) is 0 Å². The Balaban J connectivity index is 1.72. The second-order valence-electron chi connectivity index (χ2n) is 7.97. The quantitative estimate of drug-likeness (QED) is 0.755. The number of hydrogen-bond acceptors (Lipinski definition) is 2. The van der Waals surface area contributed by atoms with Gasteiger partial charge in [0.15, 0.2) is 5.78 Å². The van der Waals surface area contributed by atoms with E-state index >= 15 is 0 Å². The van der Waals surface area contributed by atoms with Crippen molar-refractivity contribution in [3.63, 3.8) is 0 Å². The standard InChI is InChI=1S/C23H27NO/c1-15-4-8-17(9-5-15)20-14-19-12-13-21(24(19)3)22(20)23(25)18-10-6-16(2)7-11-18/h4-11,19-22H,12-14H2,1-3H3. The molecule has 25 heavy (non-hydrogen) atoms. The average Bonchev–Trinajstić information content (AvgIpc) is 2.85. The first-order valence-corrected chi connectivity index (χ1v) is 9.44. The van der Waals surface area contributed by atoms with Crippen molar-refractivity contribution in [2.45, 2.75) is 51.1 Å². The van der Waals surface area contributed by atoms with Gasteiger partial charge in [0.05, 0.1) is 0 Å². The number of carbonyl (C=O) groups is 1. The van der Waals surface area contributed by atoms with Crippen LogP contribution in [0.15, 0.2) is 48.5 Å². The number of carbonyl (C=O) groups excluding carboxylic acids is 1. The molecule has 0 spiro atoms. The Morgan fingerprint density at radius 2 is 1.52 bits per heavy atom. The summed E-state index contributed by atoms with van der Waals surface area (Å²) >= 11 is 0. The number of aryl methyl sites for hydroxylation is 2. The maximum atomic E-state index is 13.5. The number of nitrogens with zero attached hydrogens (tertiary/aromatic N) is 1. The Labute approximate surface area is 150 Å². The van der Waals surface area contributed by atoms with E-state index in [1.54, 1.807) is 0 Å². The average molecular weight is 333 g/mol. The van der Waals surface area contributed by atoms with E-state index < -0.39 is 0 Å². The number of piperidine rings is 1. The van der Waals surface area contributed by atoms with E-state index in [1.807, 2.05) is 12.1 Å². The molecular weight excluding hydrogens is 306 g/mol. The zero-order valence-corrected chi connectivity index (χ0v) is 15.4. The number of Topliss-reactive ketones (excluding diaryl/α,β-unsaturated/α-hetero) is 1. The number of hydrogen-bond donors (Lipinski definition) is 0. The summed E-state index contributed by atoms with van der Waals surface area (Å²) in [6.07, 6.45) is 3.46. The first-order chi connectivity index (χ1) is 12.0. The fourth-order valence-corrected chi connectivity index (χ4v) is 4.89. The van der Waals surface area contributed by atoms with E-state index in [1.165, 1.54) is 23.1 Å². The predicted molar refractivity (Wildman–Crippen MR) is 102 cm³/mol. The summed E-state index contributed by atoms with van der Waals surface area (Å²) in [5.41, 5.74) is 4.68. The van der Waals surface area contributed by atoms with Crippen molar-refractivity contribution in [2.24, 2.45) is 5.92 Å². The molecule has 2 fully saturated rings. The number of rotatable bonds is 3. The van der Waals surface area contributed by atoms with Crippen LogP contribution in [0.4, 0.5) is 0 Å². The van der Waals surface area contributed by atoms with Gasteiger partial charge in [-0.15, -0.1) is 0 Å². The Morgan fingerprint density at radius 1 is 0.920 bits per heavy atom. The largest absolute Gasteiger partial charge is 0.300 e. The number of fused-ring (bicyclic) bond motifs is 2. The first-order valence-electron chi connectivity index (χ1n) is 9.44. The Morgan fingerprint density at radius 3 is 2.16 bits per heavy atom. The number of benzene rings is 2. The van der Waals surface area contributed by atoms with E-state index in [9.17, 15) is 4.79 Å². The summed E-state index contributed by atoms with van der Waals surface area (Å²) in [5.74, 6) is 0.722. The third-order valence-electron chi connectivity index (χ3n) is 6.41. The molecule has 130 valence electrons. The van der Waals surface area contributed by atoms with Crippen LogP contribution in [0.5, 0.6) is 0 Å². The molecule has 0 N–H and O–H groups in total. The SMILES string of the molecule is Cc1ccc(C(=O)C2C(c3ccc(C)cc3)CC3CCC2N3C)cc1. The van der Waals surface area contributed by atoms with Gasteiger partial charge in [-0.3, -0.25) is 9.69 Å². The fourth-order valence-electron chi connectivity index (χ4n) is 4.89. The van der Waals surface area contributed by atoms with Crippen LogP contribution < -0.4 is 0 Å². The molecule has 2 heteroatoms. The van der Waals surface area contributed by atoms with Crippen molar-refractivity contribution < 1.29 is 4.79 Å². The summed E-state index contributed by atoms with van der Waals surface area (Å²) in [4.78, 5) is 15.9. The molecule has 0 radical (unpaired) electrons. The summed E-state index contributed by atoms with van der Waals surface area (Å²) in [5, 5.41) is 0. The molecule has 2 nitrogen and oxygen atoms in total. The van der Waals surface area contributed by atoms with E-state index in [4.69, 9.17) is 0 Å². The molecule has 2 aromatic carbocycles. The van der Waals surface area contributed by atoms with Gasteiger partial charge in [-0.2, -0.15) is 0 Å². The molecule has 0 amide bonds. The van der Waals surface area contributed by atoms with Crippen molar-refractivity contribution in [2.75, 3.05) is 7.05 Å². The Kier molecular flexibility index (Phi) is 4.24. The summed E-state index contributed by atoms with van der Waals surface area (Å²) in [6, 6.07) is 18.0. The van der Waals surface area contributed by atoms with Crippen LogP contribution >= 0.6 is 0 Å². The van der Waals surface area contributed by atoms with Gasteiger partial charge in [-0.25, -0.2) is 0 Å². The van der Waals surface area contributed by atoms with Gasteiger partial charge < -0.3 is 0 Å². The Bertz CT molecular complexity index is 762. The van der Waals surface area contributed by atoms with Crippen molar-refractivity contribution in [1.82, 2.24) is 4.90 Å². The molecule has 2 heterocycles. The molecular formula is C23H27NO. The molecule has 4 rings (SSSR count). The molecule has 2 saturated heterocycles. The minimum atomic E-state index is 0.0640. The lowest BCUT2D eigenvalue weighted by molar-refractivity contribution is 0.0643. The van der Waals surface area contributed by atoms with E-state index in [2.05, 4.69) is 62.2 Å². The van der Waals surface area contributed by atoms with Gasteiger partial charge >= 0.3 is 0 Å². The van der Waals surface area contributed by atoms with Crippen molar-refractivity contribution >= 4 is 5.78 Å². The molecule has 2 aliphatic heterocycles. The van der Waals surface area contributed by atoms with Gasteiger partial charge in [-0.05, 0) is 51.6 Å². The maximum absolute atomic E-state index is 13.5. The lowest BCUT2D eigenvalue weighted by Crippen LogP contribution is -2.48. The summed E-state index contributed by atoms with van der Waals surface area (Å²) in [6.45, 7) is 4.19. The van der Waals surface area contributed by atoms with Crippen molar-refractivity contribution in [1.29, 1.82) is 0 Å². The highest BCUT2D eigenvalue weighted by Gasteiger charge is 2.48. The zero-order chi connectivity index (χ0) is 17.6. The van der Waals surface area contributed by atoms with Gasteiger partial charge in [0.25, 0.3) is 0 Å². The Hall–Kier alpha value is -1.93. The minimum Gasteiger partial charge on any atom is -0.300 e. The highest BCUT2D eigenvalue weighted by molar-refractivity contribution is 5.99. The van der Waals surface area contributed by atoms with Crippen molar-refractivity contribution in [3.05, 3.63) is 70.8 Å². The minimum absolute atomic E-state index is 0.0640. The van der Waals surface area contributed by atoms with Crippen LogP contribution in [-0.4, -0.2) is 29.8 Å². The molecule has 2 aliphatic rings. The van der Waals surface area contributed by atoms with E-state index in [0.29, 0.717) is 23.8 Å². The molecule has 4 atom stereocenters. The third kappa shape index (κ3) is 2.93. The highest BCUT2D eigenvalue weighted by Crippen LogP contribution is 2.47. The van der Waals surface area contributed by atoms with E-state index in [-0.39, 0.29) is 5.92 Å². The molecule has 2 bridgehead atoms. The topological polar surface area (TPSA) is 20.3 Å². The van der Waals surface area contributed by atoms with Gasteiger partial charge in [0.1, 0.15) is 0 Å². The second kappa shape index (κ2) is 6.42. The van der Waals surface area contributed by atoms with Crippen LogP contribution in [-0.2, 0) is 0 Å². The van der Waals surface area contributed by atoms with Crippen molar-refractivity contribution in [3.8, 4) is 0 Å².